The standard InChI is InChI=1S/C20H24N6O/c1-14(25-15(2)27)8-16-4-6-18(7-5-16)19-11-22-20(23-12-19)21-9-17-10-24-26(3)13-17/h4-7,10-14H,8-9H2,1-3H3,(H,25,27)(H,21,22,23). The van der Waals surface area contributed by atoms with E-state index in [1.54, 1.807) is 4.68 Å². The Hall–Kier alpha value is -3.22. The summed E-state index contributed by atoms with van der Waals surface area (Å²) in [6.07, 6.45) is 8.19. The van der Waals surface area contributed by atoms with Gasteiger partial charge in [-0.1, -0.05) is 24.3 Å². The van der Waals surface area contributed by atoms with Crippen LogP contribution in [0.3, 0.4) is 0 Å². The second-order valence-corrected chi connectivity index (χ2v) is 6.67. The van der Waals surface area contributed by atoms with E-state index in [2.05, 4.69) is 50.0 Å². The van der Waals surface area contributed by atoms with Crippen LogP contribution in [0.4, 0.5) is 5.95 Å². The van der Waals surface area contributed by atoms with Crippen LogP contribution in [0.1, 0.15) is 25.0 Å². The summed E-state index contributed by atoms with van der Waals surface area (Å²) >= 11 is 0. The number of rotatable bonds is 7. The molecule has 1 aromatic carbocycles. The van der Waals surface area contributed by atoms with E-state index in [1.807, 2.05) is 38.8 Å². The summed E-state index contributed by atoms with van der Waals surface area (Å²) in [5.74, 6) is 0.580. The smallest absolute Gasteiger partial charge is 0.222 e. The van der Waals surface area contributed by atoms with Crippen molar-refractivity contribution in [2.75, 3.05) is 5.32 Å². The quantitative estimate of drug-likeness (QED) is 0.673. The number of carbonyl (C=O) groups excluding carboxylic acids is 1. The maximum atomic E-state index is 11.1. The van der Waals surface area contributed by atoms with Gasteiger partial charge in [-0.25, -0.2) is 9.97 Å². The molecule has 2 aromatic heterocycles. The molecule has 2 heterocycles. The third kappa shape index (κ3) is 5.37. The van der Waals surface area contributed by atoms with Gasteiger partial charge in [-0.2, -0.15) is 5.10 Å². The van der Waals surface area contributed by atoms with E-state index in [0.29, 0.717) is 12.5 Å². The van der Waals surface area contributed by atoms with Crippen LogP contribution < -0.4 is 10.6 Å². The molecular weight excluding hydrogens is 340 g/mol. The van der Waals surface area contributed by atoms with Gasteiger partial charge in [0.15, 0.2) is 0 Å². The molecule has 1 atom stereocenters. The molecule has 1 unspecified atom stereocenters. The van der Waals surface area contributed by atoms with Crippen LogP contribution in [-0.4, -0.2) is 31.7 Å². The number of nitrogens with one attached hydrogen (secondary N) is 2. The van der Waals surface area contributed by atoms with Gasteiger partial charge >= 0.3 is 0 Å². The van der Waals surface area contributed by atoms with Crippen LogP contribution >= 0.6 is 0 Å². The fraction of sp³-hybridized carbons (Fsp3) is 0.300. The molecule has 140 valence electrons. The zero-order valence-corrected chi connectivity index (χ0v) is 15.8. The number of nitrogens with zero attached hydrogens (tertiary/aromatic N) is 4. The van der Waals surface area contributed by atoms with Crippen molar-refractivity contribution in [1.29, 1.82) is 0 Å². The Kier molecular flexibility index (Phi) is 5.80. The van der Waals surface area contributed by atoms with Crippen molar-refractivity contribution in [3.8, 4) is 11.1 Å². The predicted octanol–water partition coefficient (Wildman–Crippen LogP) is 2.56. The van der Waals surface area contributed by atoms with Gasteiger partial charge in [-0.05, 0) is 24.5 Å². The molecule has 0 radical (unpaired) electrons. The lowest BCUT2D eigenvalue weighted by Crippen LogP contribution is -2.31. The highest BCUT2D eigenvalue weighted by atomic mass is 16.1. The minimum Gasteiger partial charge on any atom is -0.354 e. The second-order valence-electron chi connectivity index (χ2n) is 6.67. The van der Waals surface area contributed by atoms with Crippen LogP contribution in [0, 0.1) is 0 Å². The molecule has 1 amide bonds. The number of benzene rings is 1. The van der Waals surface area contributed by atoms with Gasteiger partial charge in [-0.3, -0.25) is 9.48 Å². The third-order valence-corrected chi connectivity index (χ3v) is 4.14. The molecule has 0 aliphatic heterocycles. The lowest BCUT2D eigenvalue weighted by Gasteiger charge is -2.12. The van der Waals surface area contributed by atoms with Gasteiger partial charge in [0.05, 0.1) is 6.20 Å². The minimum absolute atomic E-state index is 0.00602. The highest BCUT2D eigenvalue weighted by molar-refractivity contribution is 5.73. The highest BCUT2D eigenvalue weighted by Crippen LogP contribution is 2.19. The van der Waals surface area contributed by atoms with E-state index in [9.17, 15) is 4.79 Å². The summed E-state index contributed by atoms with van der Waals surface area (Å²) in [6.45, 7) is 4.17. The summed E-state index contributed by atoms with van der Waals surface area (Å²) in [5, 5.41) is 10.2. The zero-order valence-electron chi connectivity index (χ0n) is 15.8. The van der Waals surface area contributed by atoms with E-state index in [0.717, 1.165) is 23.1 Å². The molecule has 3 rings (SSSR count). The van der Waals surface area contributed by atoms with Gasteiger partial charge in [0.1, 0.15) is 0 Å². The average Bonchev–Trinajstić information content (AvgIpc) is 3.06. The van der Waals surface area contributed by atoms with Gasteiger partial charge in [-0.15, -0.1) is 0 Å². The Morgan fingerprint density at radius 1 is 1.07 bits per heavy atom. The van der Waals surface area contributed by atoms with Crippen LogP contribution in [0.15, 0.2) is 49.1 Å². The monoisotopic (exact) mass is 364 g/mol. The number of carbonyl (C=O) groups is 1. The molecular formula is C20H24N6O. The third-order valence-electron chi connectivity index (χ3n) is 4.14. The van der Waals surface area contributed by atoms with E-state index in [1.165, 1.54) is 12.5 Å². The van der Waals surface area contributed by atoms with Crippen molar-refractivity contribution in [1.82, 2.24) is 25.1 Å². The number of amides is 1. The Bertz CT molecular complexity index is 886. The van der Waals surface area contributed by atoms with Gasteiger partial charge in [0.2, 0.25) is 11.9 Å². The number of aryl methyl sites for hydroxylation is 1. The molecule has 2 N–H and O–H groups in total. The second kappa shape index (κ2) is 8.44. The minimum atomic E-state index is -0.00602. The Morgan fingerprint density at radius 2 is 1.78 bits per heavy atom. The normalized spacial score (nSPS) is 11.8. The molecule has 0 aliphatic rings. The fourth-order valence-electron chi connectivity index (χ4n) is 2.90. The first kappa shape index (κ1) is 18.6. The number of anilines is 1. The largest absolute Gasteiger partial charge is 0.354 e. The lowest BCUT2D eigenvalue weighted by molar-refractivity contribution is -0.119. The summed E-state index contributed by atoms with van der Waals surface area (Å²) in [4.78, 5) is 19.9. The van der Waals surface area contributed by atoms with Crippen molar-refractivity contribution in [2.24, 2.45) is 7.05 Å². The maximum Gasteiger partial charge on any atom is 0.222 e. The lowest BCUT2D eigenvalue weighted by atomic mass is 10.0. The van der Waals surface area contributed by atoms with Gasteiger partial charge < -0.3 is 10.6 Å². The van der Waals surface area contributed by atoms with E-state index >= 15 is 0 Å². The molecule has 7 nitrogen and oxygen atoms in total. The van der Waals surface area contributed by atoms with Crippen LogP contribution in [-0.2, 0) is 24.8 Å². The van der Waals surface area contributed by atoms with Crippen LogP contribution in [0.25, 0.3) is 11.1 Å². The van der Waals surface area contributed by atoms with Crippen LogP contribution in [0.5, 0.6) is 0 Å². The first-order valence-corrected chi connectivity index (χ1v) is 8.89. The summed E-state index contributed by atoms with van der Waals surface area (Å²) in [6, 6.07) is 8.36. The summed E-state index contributed by atoms with van der Waals surface area (Å²) < 4.78 is 1.77. The number of hydrogen-bond donors (Lipinski definition) is 2. The molecule has 0 fully saturated rings. The van der Waals surface area contributed by atoms with Crippen molar-refractivity contribution in [3.05, 3.63) is 60.2 Å². The fourth-order valence-corrected chi connectivity index (χ4v) is 2.90. The van der Waals surface area contributed by atoms with Crippen molar-refractivity contribution in [2.45, 2.75) is 32.9 Å². The molecule has 0 saturated carbocycles. The number of aromatic nitrogens is 4. The van der Waals surface area contributed by atoms with Gasteiger partial charge in [0, 0.05) is 56.3 Å². The SMILES string of the molecule is CC(=O)NC(C)Cc1ccc(-c2cnc(NCc3cnn(C)c3)nc2)cc1. The molecule has 7 heteroatoms. The molecule has 0 aliphatic carbocycles. The first-order chi connectivity index (χ1) is 13.0. The molecule has 0 bridgehead atoms. The predicted molar refractivity (Wildman–Crippen MR) is 105 cm³/mol. The van der Waals surface area contributed by atoms with Crippen molar-refractivity contribution < 1.29 is 4.79 Å². The van der Waals surface area contributed by atoms with E-state index in [4.69, 9.17) is 0 Å². The Morgan fingerprint density at radius 3 is 2.37 bits per heavy atom. The maximum absolute atomic E-state index is 11.1. The van der Waals surface area contributed by atoms with Crippen molar-refractivity contribution >= 4 is 11.9 Å². The van der Waals surface area contributed by atoms with Crippen LogP contribution in [0.2, 0.25) is 0 Å². The number of hydrogen-bond acceptors (Lipinski definition) is 5. The molecule has 0 spiro atoms. The topological polar surface area (TPSA) is 84.7 Å². The molecule has 27 heavy (non-hydrogen) atoms. The van der Waals surface area contributed by atoms with E-state index in [-0.39, 0.29) is 11.9 Å². The average molecular weight is 364 g/mol. The van der Waals surface area contributed by atoms with Crippen molar-refractivity contribution in [3.63, 3.8) is 0 Å². The Balaban J connectivity index is 1.58. The summed E-state index contributed by atoms with van der Waals surface area (Å²) in [5.41, 5.74) is 4.28. The Labute approximate surface area is 158 Å². The molecule has 0 saturated heterocycles. The first-order valence-electron chi connectivity index (χ1n) is 8.89. The van der Waals surface area contributed by atoms with E-state index < -0.39 is 0 Å². The highest BCUT2D eigenvalue weighted by Gasteiger charge is 2.06. The van der Waals surface area contributed by atoms with Gasteiger partial charge in [0.25, 0.3) is 0 Å². The zero-order chi connectivity index (χ0) is 19.2. The molecule has 3 aromatic rings. The summed E-state index contributed by atoms with van der Waals surface area (Å²) in [7, 11) is 1.89.